The van der Waals surface area contributed by atoms with Gasteiger partial charge in [0.1, 0.15) is 0 Å². The van der Waals surface area contributed by atoms with Gasteiger partial charge in [-0.25, -0.2) is 4.98 Å². The van der Waals surface area contributed by atoms with E-state index in [4.69, 9.17) is 4.98 Å². The highest BCUT2D eigenvalue weighted by Gasteiger charge is 2.33. The van der Waals surface area contributed by atoms with Crippen molar-refractivity contribution in [3.05, 3.63) is 29.3 Å². The second-order valence-electron chi connectivity index (χ2n) is 6.04. The average Bonchev–Trinajstić information content (AvgIpc) is 2.90. The van der Waals surface area contributed by atoms with Gasteiger partial charge in [-0.05, 0) is 31.4 Å². The van der Waals surface area contributed by atoms with Crippen molar-refractivity contribution in [3.63, 3.8) is 0 Å². The van der Waals surface area contributed by atoms with Crippen molar-refractivity contribution in [3.8, 4) is 0 Å². The Kier molecular flexibility index (Phi) is 4.91. The molecule has 1 aromatic heterocycles. The number of fused-ring (bicyclic) bond motifs is 1. The maximum absolute atomic E-state index is 11.8. The fourth-order valence-electron chi connectivity index (χ4n) is 2.82. The molecule has 0 aliphatic heterocycles. The third kappa shape index (κ3) is 4.07. The third-order valence-electron chi connectivity index (χ3n) is 4.12. The fourth-order valence-corrected chi connectivity index (χ4v) is 3.91. The Bertz CT molecular complexity index is 674. The van der Waals surface area contributed by atoms with Gasteiger partial charge in [0.2, 0.25) is 11.8 Å². The molecule has 0 atom stereocenters. The number of benzene rings is 1. The van der Waals surface area contributed by atoms with E-state index in [0.29, 0.717) is 25.3 Å². The second kappa shape index (κ2) is 7.08. The summed E-state index contributed by atoms with van der Waals surface area (Å²) in [6.07, 6.45) is 3.08. The van der Waals surface area contributed by atoms with E-state index in [9.17, 15) is 9.59 Å². The van der Waals surface area contributed by atoms with E-state index in [2.05, 4.69) is 16.7 Å². The minimum Gasteiger partial charge on any atom is -0.356 e. The minimum atomic E-state index is -0.0527. The summed E-state index contributed by atoms with van der Waals surface area (Å²) in [5.74, 6) is 0.489. The van der Waals surface area contributed by atoms with Crippen molar-refractivity contribution in [1.82, 2.24) is 15.6 Å². The number of hydrogen-bond acceptors (Lipinski definition) is 4. The maximum Gasteiger partial charge on any atom is 0.220 e. The van der Waals surface area contributed by atoms with Crippen LogP contribution in [0.1, 0.15) is 43.5 Å². The van der Waals surface area contributed by atoms with Crippen molar-refractivity contribution >= 4 is 33.4 Å². The van der Waals surface area contributed by atoms with E-state index in [-0.39, 0.29) is 17.9 Å². The van der Waals surface area contributed by atoms with Gasteiger partial charge in [0.05, 0.1) is 15.2 Å². The van der Waals surface area contributed by atoms with Gasteiger partial charge in [-0.3, -0.25) is 9.59 Å². The van der Waals surface area contributed by atoms with Gasteiger partial charge in [0.15, 0.2) is 0 Å². The van der Waals surface area contributed by atoms with Crippen LogP contribution in [0, 0.1) is 0 Å². The Morgan fingerprint density at radius 3 is 2.83 bits per heavy atom. The van der Waals surface area contributed by atoms with E-state index >= 15 is 0 Å². The number of aromatic nitrogens is 1. The van der Waals surface area contributed by atoms with Crippen LogP contribution < -0.4 is 10.6 Å². The van der Waals surface area contributed by atoms with Gasteiger partial charge in [-0.15, -0.1) is 11.3 Å². The largest absolute Gasteiger partial charge is 0.356 e. The summed E-state index contributed by atoms with van der Waals surface area (Å²) >= 11 is 1.76. The lowest BCUT2D eigenvalue weighted by molar-refractivity contribution is -0.123. The Labute approximate surface area is 139 Å². The molecule has 2 aromatic rings. The lowest BCUT2D eigenvalue weighted by Gasteiger charge is -2.34. The molecule has 122 valence electrons. The molecule has 6 heteroatoms. The number of nitrogens with one attached hydrogen (secondary N) is 2. The summed E-state index contributed by atoms with van der Waals surface area (Å²) in [5.41, 5.74) is 1.07. The van der Waals surface area contributed by atoms with Crippen LogP contribution in [0.3, 0.4) is 0 Å². The molecule has 5 nitrogen and oxygen atoms in total. The lowest BCUT2D eigenvalue weighted by Crippen LogP contribution is -2.43. The molecular formula is C17H21N3O2S. The Morgan fingerprint density at radius 1 is 1.30 bits per heavy atom. The van der Waals surface area contributed by atoms with Gasteiger partial charge in [0, 0.05) is 31.8 Å². The fraction of sp³-hybridized carbons (Fsp3) is 0.471. The molecule has 1 fully saturated rings. The van der Waals surface area contributed by atoms with Crippen LogP contribution in [0.2, 0.25) is 0 Å². The highest BCUT2D eigenvalue weighted by molar-refractivity contribution is 7.18. The maximum atomic E-state index is 11.8. The first-order valence-corrected chi connectivity index (χ1v) is 8.83. The monoisotopic (exact) mass is 331 g/mol. The third-order valence-corrected chi connectivity index (χ3v) is 5.32. The second-order valence-corrected chi connectivity index (χ2v) is 7.10. The van der Waals surface area contributed by atoms with Gasteiger partial charge < -0.3 is 10.6 Å². The molecule has 0 spiro atoms. The molecule has 1 saturated carbocycles. The van der Waals surface area contributed by atoms with E-state index < -0.39 is 0 Å². The normalized spacial score (nSPS) is 20.0. The molecular weight excluding hydrogens is 310 g/mol. The highest BCUT2D eigenvalue weighted by atomic mass is 32.1. The molecule has 1 heterocycles. The summed E-state index contributed by atoms with van der Waals surface area (Å²) in [7, 11) is 0. The molecule has 0 saturated heterocycles. The number of nitrogens with zero attached hydrogens (tertiary/aromatic N) is 1. The van der Waals surface area contributed by atoms with E-state index in [1.807, 2.05) is 18.2 Å². The number of para-hydroxylation sites is 1. The zero-order chi connectivity index (χ0) is 16.2. The average molecular weight is 331 g/mol. The molecule has 23 heavy (non-hydrogen) atoms. The van der Waals surface area contributed by atoms with Crippen molar-refractivity contribution in [1.29, 1.82) is 0 Å². The SMILES string of the molecule is CC(=O)NCCCC(=O)N[C@H]1C[C@H](c2nc3ccccc3s2)C1. The molecule has 0 unspecified atom stereocenters. The van der Waals surface area contributed by atoms with Crippen molar-refractivity contribution in [2.24, 2.45) is 0 Å². The van der Waals surface area contributed by atoms with E-state index in [1.165, 1.54) is 16.6 Å². The molecule has 1 aromatic carbocycles. The summed E-state index contributed by atoms with van der Waals surface area (Å²) in [5, 5.41) is 6.94. The first-order chi connectivity index (χ1) is 11.1. The first kappa shape index (κ1) is 15.9. The summed E-state index contributed by atoms with van der Waals surface area (Å²) in [6, 6.07) is 8.46. The van der Waals surface area contributed by atoms with Crippen molar-refractivity contribution in [2.45, 2.75) is 44.6 Å². The molecule has 3 rings (SSSR count). The van der Waals surface area contributed by atoms with Crippen LogP contribution in [-0.4, -0.2) is 29.4 Å². The number of carbonyl (C=O) groups excluding carboxylic acids is 2. The van der Waals surface area contributed by atoms with Gasteiger partial charge in [-0.2, -0.15) is 0 Å². The van der Waals surface area contributed by atoms with Crippen LogP contribution >= 0.6 is 11.3 Å². The molecule has 1 aliphatic rings. The van der Waals surface area contributed by atoms with E-state index in [0.717, 1.165) is 18.4 Å². The van der Waals surface area contributed by atoms with Gasteiger partial charge >= 0.3 is 0 Å². The van der Waals surface area contributed by atoms with Crippen LogP contribution in [-0.2, 0) is 9.59 Å². The summed E-state index contributed by atoms with van der Waals surface area (Å²) in [4.78, 5) is 27.3. The quantitative estimate of drug-likeness (QED) is 0.799. The van der Waals surface area contributed by atoms with E-state index in [1.54, 1.807) is 11.3 Å². The minimum absolute atomic E-state index is 0.0527. The summed E-state index contributed by atoms with van der Waals surface area (Å²) in [6.45, 7) is 2.04. The Balaban J connectivity index is 1.40. The molecule has 2 N–H and O–H groups in total. The van der Waals surface area contributed by atoms with Crippen LogP contribution in [0.5, 0.6) is 0 Å². The topological polar surface area (TPSA) is 71.1 Å². The van der Waals surface area contributed by atoms with Crippen molar-refractivity contribution in [2.75, 3.05) is 6.54 Å². The smallest absolute Gasteiger partial charge is 0.220 e. The lowest BCUT2D eigenvalue weighted by atomic mass is 9.80. The first-order valence-electron chi connectivity index (χ1n) is 8.01. The number of thiazole rings is 1. The van der Waals surface area contributed by atoms with Crippen molar-refractivity contribution < 1.29 is 9.59 Å². The number of rotatable bonds is 6. The molecule has 2 amide bonds. The zero-order valence-electron chi connectivity index (χ0n) is 13.2. The highest BCUT2D eigenvalue weighted by Crippen LogP contribution is 2.40. The Morgan fingerprint density at radius 2 is 2.09 bits per heavy atom. The number of hydrogen-bond donors (Lipinski definition) is 2. The van der Waals surface area contributed by atoms with Crippen LogP contribution in [0.15, 0.2) is 24.3 Å². The number of amides is 2. The van der Waals surface area contributed by atoms with Gasteiger partial charge in [-0.1, -0.05) is 12.1 Å². The predicted octanol–water partition coefficient (Wildman–Crippen LogP) is 2.57. The number of carbonyl (C=O) groups is 2. The molecule has 1 aliphatic carbocycles. The Hall–Kier alpha value is -1.95. The standard InChI is InChI=1S/C17H21N3O2S/c1-11(21)18-8-4-7-16(22)19-13-9-12(10-13)17-20-14-5-2-3-6-15(14)23-17/h2-3,5-6,12-13H,4,7-10H2,1H3,(H,18,21)(H,19,22)/t12-,13-. The molecule has 0 radical (unpaired) electrons. The van der Waals surface area contributed by atoms with Gasteiger partial charge in [0.25, 0.3) is 0 Å². The zero-order valence-corrected chi connectivity index (χ0v) is 14.0. The summed E-state index contributed by atoms with van der Waals surface area (Å²) < 4.78 is 1.23. The van der Waals surface area contributed by atoms with Crippen LogP contribution in [0.4, 0.5) is 0 Å². The van der Waals surface area contributed by atoms with Crippen LogP contribution in [0.25, 0.3) is 10.2 Å². The predicted molar refractivity (Wildman–Crippen MR) is 91.4 cm³/mol. The molecule has 0 bridgehead atoms.